The molecule has 5 heteroatoms. The van der Waals surface area contributed by atoms with Gasteiger partial charge < -0.3 is 15.4 Å². The molecule has 3 N–H and O–H groups in total. The minimum Gasteiger partial charge on any atom is -0.394 e. The largest absolute Gasteiger partial charge is 0.394 e. The van der Waals surface area contributed by atoms with Gasteiger partial charge in [-0.1, -0.05) is 48.5 Å². The van der Waals surface area contributed by atoms with Crippen LogP contribution < -0.4 is 5.32 Å². The highest BCUT2D eigenvalue weighted by Crippen LogP contribution is 2.27. The summed E-state index contributed by atoms with van der Waals surface area (Å²) in [6, 6.07) is 23.3. The van der Waals surface area contributed by atoms with E-state index < -0.39 is 6.04 Å². The van der Waals surface area contributed by atoms with Gasteiger partial charge >= 0.3 is 0 Å². The van der Waals surface area contributed by atoms with E-state index in [4.69, 9.17) is 4.98 Å². The number of amides is 1. The molecule has 1 amide bonds. The van der Waals surface area contributed by atoms with E-state index in [-0.39, 0.29) is 12.5 Å². The van der Waals surface area contributed by atoms with E-state index in [0.29, 0.717) is 12.0 Å². The minimum absolute atomic E-state index is 0.154. The zero-order valence-corrected chi connectivity index (χ0v) is 19.3. The Morgan fingerprint density at radius 1 is 0.971 bits per heavy atom. The number of pyridine rings is 1. The van der Waals surface area contributed by atoms with Crippen molar-refractivity contribution in [2.75, 3.05) is 6.61 Å². The number of hydrogen-bond acceptors (Lipinski definition) is 3. The van der Waals surface area contributed by atoms with E-state index in [9.17, 15) is 9.90 Å². The van der Waals surface area contributed by atoms with E-state index in [0.717, 1.165) is 38.6 Å². The summed E-state index contributed by atoms with van der Waals surface area (Å²) in [5.74, 6) is -0.220. The predicted molar refractivity (Wildman–Crippen MR) is 137 cm³/mol. The third-order valence-corrected chi connectivity index (χ3v) is 6.46. The molecule has 2 heterocycles. The van der Waals surface area contributed by atoms with Gasteiger partial charge in [0.15, 0.2) is 0 Å². The van der Waals surface area contributed by atoms with E-state index in [2.05, 4.69) is 36.3 Å². The summed E-state index contributed by atoms with van der Waals surface area (Å²) in [6.07, 6.45) is 2.47. The Hall–Kier alpha value is -3.96. The molecule has 1 unspecified atom stereocenters. The fourth-order valence-electron chi connectivity index (χ4n) is 4.40. The number of H-pyrrole nitrogens is 1. The molecule has 0 aliphatic heterocycles. The van der Waals surface area contributed by atoms with Crippen molar-refractivity contribution >= 4 is 27.7 Å². The maximum absolute atomic E-state index is 13.5. The quantitative estimate of drug-likeness (QED) is 0.328. The van der Waals surface area contributed by atoms with Gasteiger partial charge in [-0.2, -0.15) is 0 Å². The van der Waals surface area contributed by atoms with Crippen LogP contribution >= 0.6 is 0 Å². The number of carbonyl (C=O) groups excluding carboxylic acids is 1. The number of carbonyl (C=O) groups is 1. The molecule has 5 aromatic rings. The molecule has 1 atom stereocenters. The summed E-state index contributed by atoms with van der Waals surface area (Å²) >= 11 is 0. The zero-order chi connectivity index (χ0) is 23.7. The fourth-order valence-corrected chi connectivity index (χ4v) is 4.40. The average molecular weight is 450 g/mol. The molecule has 0 saturated carbocycles. The Morgan fingerprint density at radius 3 is 2.53 bits per heavy atom. The van der Waals surface area contributed by atoms with E-state index >= 15 is 0 Å². The second-order valence-corrected chi connectivity index (χ2v) is 8.79. The number of rotatable bonds is 6. The molecule has 0 aliphatic rings. The molecule has 3 aromatic carbocycles. The lowest BCUT2D eigenvalue weighted by atomic mass is 10.00. The number of aliphatic hydroxyl groups excluding tert-OH is 1. The van der Waals surface area contributed by atoms with E-state index in [1.807, 2.05) is 66.9 Å². The number of aliphatic hydroxyl groups is 1. The number of nitrogens with one attached hydrogen (secondary N) is 2. The van der Waals surface area contributed by atoms with Gasteiger partial charge in [-0.15, -0.1) is 0 Å². The van der Waals surface area contributed by atoms with Gasteiger partial charge in [0.1, 0.15) is 0 Å². The zero-order valence-electron chi connectivity index (χ0n) is 19.3. The molecule has 5 nitrogen and oxygen atoms in total. The molecule has 0 aliphatic carbocycles. The highest BCUT2D eigenvalue weighted by Gasteiger charge is 2.19. The van der Waals surface area contributed by atoms with Gasteiger partial charge in [0, 0.05) is 28.0 Å². The first-order chi connectivity index (χ1) is 16.5. The molecular weight excluding hydrogens is 422 g/mol. The maximum Gasteiger partial charge on any atom is 0.252 e. The lowest BCUT2D eigenvalue weighted by Gasteiger charge is -2.17. The molecule has 34 heavy (non-hydrogen) atoms. The third-order valence-electron chi connectivity index (χ3n) is 6.46. The van der Waals surface area contributed by atoms with Crippen molar-refractivity contribution in [1.29, 1.82) is 0 Å². The predicted octanol–water partition coefficient (Wildman–Crippen LogP) is 5.33. The maximum atomic E-state index is 13.5. The Morgan fingerprint density at radius 2 is 1.74 bits per heavy atom. The molecule has 2 aromatic heterocycles. The topological polar surface area (TPSA) is 78.0 Å². The number of aromatic nitrogens is 2. The lowest BCUT2D eigenvalue weighted by Crippen LogP contribution is -2.39. The van der Waals surface area contributed by atoms with Gasteiger partial charge in [0.2, 0.25) is 0 Å². The molecule has 0 radical (unpaired) electrons. The Kier molecular flexibility index (Phi) is 5.86. The van der Waals surface area contributed by atoms with Gasteiger partial charge in [0.05, 0.1) is 29.4 Å². The van der Waals surface area contributed by atoms with Gasteiger partial charge in [-0.3, -0.25) is 4.79 Å². The van der Waals surface area contributed by atoms with E-state index in [1.54, 1.807) is 0 Å². The fraction of sp³-hybridized carbons (Fsp3) is 0.172. The molecule has 170 valence electrons. The van der Waals surface area contributed by atoms with Crippen molar-refractivity contribution in [3.05, 3.63) is 101 Å². The summed E-state index contributed by atoms with van der Waals surface area (Å²) in [7, 11) is 0. The number of aryl methyl sites for hydroxylation is 2. The first-order valence-corrected chi connectivity index (χ1v) is 11.5. The van der Waals surface area contributed by atoms with Crippen LogP contribution in [-0.2, 0) is 6.42 Å². The van der Waals surface area contributed by atoms with Gasteiger partial charge in [-0.05, 0) is 61.2 Å². The summed E-state index contributed by atoms with van der Waals surface area (Å²) in [6.45, 7) is 4.00. The third kappa shape index (κ3) is 4.18. The lowest BCUT2D eigenvalue weighted by molar-refractivity contribution is 0.0918. The second-order valence-electron chi connectivity index (χ2n) is 8.79. The Balaban J connectivity index is 1.48. The van der Waals surface area contributed by atoms with E-state index in [1.165, 1.54) is 11.1 Å². The number of aromatic amines is 1. The number of benzene rings is 3. The number of nitrogens with zero attached hydrogens (tertiary/aromatic N) is 1. The number of para-hydroxylation sites is 2. The van der Waals surface area contributed by atoms with Crippen molar-refractivity contribution in [3.8, 4) is 11.3 Å². The van der Waals surface area contributed by atoms with Crippen LogP contribution in [0.3, 0.4) is 0 Å². The Bertz CT molecular complexity index is 1500. The van der Waals surface area contributed by atoms with Gasteiger partial charge in [0.25, 0.3) is 5.91 Å². The standard InChI is InChI=1S/C29H27N3O2/c1-18-11-12-20(13-19(18)2)28-15-25(24-8-4-6-10-27(24)32-28)29(34)31-22(17-33)14-21-16-30-26-9-5-3-7-23(21)26/h3-13,15-16,22,30,33H,14,17H2,1-2H3,(H,31,34). The highest BCUT2D eigenvalue weighted by molar-refractivity contribution is 6.07. The van der Waals surface area contributed by atoms with Crippen LogP contribution in [0.25, 0.3) is 33.1 Å². The van der Waals surface area contributed by atoms with Crippen molar-refractivity contribution in [1.82, 2.24) is 15.3 Å². The summed E-state index contributed by atoms with van der Waals surface area (Å²) in [5.41, 5.74) is 7.54. The first kappa shape index (κ1) is 21.9. The second kappa shape index (κ2) is 9.12. The normalized spacial score (nSPS) is 12.2. The number of hydrogen-bond donors (Lipinski definition) is 3. The van der Waals surface area contributed by atoms with Crippen LogP contribution in [0.5, 0.6) is 0 Å². The molecule has 0 bridgehead atoms. The van der Waals surface area contributed by atoms with Crippen LogP contribution in [0.1, 0.15) is 27.0 Å². The van der Waals surface area contributed by atoms with Crippen LogP contribution in [0.15, 0.2) is 79.0 Å². The van der Waals surface area contributed by atoms with Crippen molar-refractivity contribution in [2.24, 2.45) is 0 Å². The molecule has 0 saturated heterocycles. The highest BCUT2D eigenvalue weighted by atomic mass is 16.3. The Labute approximate surface area is 198 Å². The van der Waals surface area contributed by atoms with Gasteiger partial charge in [-0.25, -0.2) is 4.98 Å². The summed E-state index contributed by atoms with van der Waals surface area (Å²) in [5, 5.41) is 15.0. The van der Waals surface area contributed by atoms with Crippen LogP contribution in [-0.4, -0.2) is 33.6 Å². The monoisotopic (exact) mass is 449 g/mol. The number of fused-ring (bicyclic) bond motifs is 2. The summed E-state index contributed by atoms with van der Waals surface area (Å²) < 4.78 is 0. The van der Waals surface area contributed by atoms with Crippen LogP contribution in [0.2, 0.25) is 0 Å². The van der Waals surface area contributed by atoms with Crippen LogP contribution in [0, 0.1) is 13.8 Å². The molecular formula is C29H27N3O2. The first-order valence-electron chi connectivity index (χ1n) is 11.5. The smallest absolute Gasteiger partial charge is 0.252 e. The minimum atomic E-state index is -0.413. The van der Waals surface area contributed by atoms with Crippen molar-refractivity contribution in [2.45, 2.75) is 26.3 Å². The van der Waals surface area contributed by atoms with Crippen molar-refractivity contribution < 1.29 is 9.90 Å². The summed E-state index contributed by atoms with van der Waals surface area (Å²) in [4.78, 5) is 21.5. The average Bonchev–Trinajstić information content (AvgIpc) is 3.27. The molecule has 5 rings (SSSR count). The molecule has 0 fully saturated rings. The van der Waals surface area contributed by atoms with Crippen molar-refractivity contribution in [3.63, 3.8) is 0 Å². The SMILES string of the molecule is Cc1ccc(-c2cc(C(=O)NC(CO)Cc3c[nH]c4ccccc34)c3ccccc3n2)cc1C. The molecule has 0 spiro atoms. The van der Waals surface area contributed by atoms with Crippen LogP contribution in [0.4, 0.5) is 0 Å².